The summed E-state index contributed by atoms with van der Waals surface area (Å²) in [5.41, 5.74) is -0.591. The van der Waals surface area contributed by atoms with Gasteiger partial charge in [-0.1, -0.05) is 11.6 Å². The molecule has 2 aliphatic rings. The van der Waals surface area contributed by atoms with E-state index in [9.17, 15) is 14.4 Å². The Hall–Kier alpha value is -2.36. The van der Waals surface area contributed by atoms with Crippen LogP contribution < -0.4 is 5.32 Å². The van der Waals surface area contributed by atoms with Gasteiger partial charge >= 0.3 is 12.1 Å². The molecule has 18 heavy (non-hydrogen) atoms. The van der Waals surface area contributed by atoms with Crippen molar-refractivity contribution >= 4 is 47.7 Å². The Morgan fingerprint density at radius 2 is 1.89 bits per heavy atom. The summed E-state index contributed by atoms with van der Waals surface area (Å²) >= 11 is 5.81. The van der Waals surface area contributed by atoms with Crippen molar-refractivity contribution in [2.24, 2.45) is 4.99 Å². The molecule has 0 aromatic carbocycles. The number of alkyl halides is 1. The summed E-state index contributed by atoms with van der Waals surface area (Å²) in [4.78, 5) is 37.8. The first-order valence-corrected chi connectivity index (χ1v) is 4.42. The minimum Gasteiger partial charge on any atom is -0.294 e. The number of carbonyl (C=O) groups excluding carboxylic acids is 3. The van der Waals surface area contributed by atoms with Crippen LogP contribution in [0.4, 0.5) is 9.59 Å². The van der Waals surface area contributed by atoms with Gasteiger partial charge in [0, 0.05) is 0 Å². The number of hydrogen-bond acceptors (Lipinski definition) is 5. The van der Waals surface area contributed by atoms with E-state index in [1.807, 2.05) is 5.32 Å². The molecule has 1 fully saturated rings. The SMILES string of the molecule is Cl.N#CN1C(=O)C2=NC(=O)NC2(Cl)N(C#N)C1=O. The second-order valence-corrected chi connectivity index (χ2v) is 3.52. The van der Waals surface area contributed by atoms with Crippen LogP contribution in [0.3, 0.4) is 0 Å². The van der Waals surface area contributed by atoms with E-state index in [1.165, 1.54) is 12.4 Å². The minimum atomic E-state index is -2.15. The summed E-state index contributed by atoms with van der Waals surface area (Å²) < 4.78 is 0. The van der Waals surface area contributed by atoms with Crippen molar-refractivity contribution in [2.45, 2.75) is 5.12 Å². The van der Waals surface area contributed by atoms with Crippen molar-refractivity contribution in [3.63, 3.8) is 0 Å². The van der Waals surface area contributed by atoms with Gasteiger partial charge in [0.15, 0.2) is 18.1 Å². The van der Waals surface area contributed by atoms with Gasteiger partial charge in [0.05, 0.1) is 0 Å². The topological polar surface area (TPSA) is 130 Å². The highest BCUT2D eigenvalue weighted by atomic mass is 35.5. The van der Waals surface area contributed by atoms with Crippen molar-refractivity contribution in [3.05, 3.63) is 0 Å². The molecule has 5 amide bonds. The summed E-state index contributed by atoms with van der Waals surface area (Å²) in [7, 11) is 0. The molecule has 0 aromatic rings. The number of aliphatic imine (C=N–C) groups is 1. The number of nitrogens with one attached hydrogen (secondary N) is 1. The Labute approximate surface area is 111 Å². The van der Waals surface area contributed by atoms with Crippen LogP contribution in [0.15, 0.2) is 4.99 Å². The molecule has 2 aliphatic heterocycles. The first kappa shape index (κ1) is 13.7. The van der Waals surface area contributed by atoms with Crippen LogP contribution in [-0.4, -0.2) is 38.6 Å². The zero-order chi connectivity index (χ0) is 12.8. The first-order chi connectivity index (χ1) is 7.95. The molecular formula is C7H2Cl2N6O3. The molecule has 11 heteroatoms. The fourth-order valence-corrected chi connectivity index (χ4v) is 1.69. The highest BCUT2D eigenvalue weighted by Crippen LogP contribution is 2.30. The number of rotatable bonds is 0. The molecule has 2 rings (SSSR count). The Bertz CT molecular complexity index is 575. The smallest absolute Gasteiger partial charge is 0.294 e. The Morgan fingerprint density at radius 1 is 1.28 bits per heavy atom. The molecular weight excluding hydrogens is 287 g/mol. The van der Waals surface area contributed by atoms with Gasteiger partial charge in [-0.25, -0.2) is 9.59 Å². The number of nitriles is 2. The van der Waals surface area contributed by atoms with Crippen LogP contribution in [0.1, 0.15) is 0 Å². The minimum absolute atomic E-state index is 0. The van der Waals surface area contributed by atoms with E-state index < -0.39 is 28.8 Å². The van der Waals surface area contributed by atoms with Crippen LogP contribution in [0.2, 0.25) is 0 Å². The second kappa shape index (κ2) is 4.14. The average molecular weight is 289 g/mol. The highest BCUT2D eigenvalue weighted by Gasteiger charge is 2.59. The van der Waals surface area contributed by atoms with Crippen molar-refractivity contribution in [1.29, 1.82) is 10.5 Å². The first-order valence-electron chi connectivity index (χ1n) is 4.04. The molecule has 2 heterocycles. The van der Waals surface area contributed by atoms with Crippen molar-refractivity contribution < 1.29 is 14.4 Å². The van der Waals surface area contributed by atoms with Crippen LogP contribution in [-0.2, 0) is 4.79 Å². The summed E-state index contributed by atoms with van der Waals surface area (Å²) in [5.74, 6) is -1.14. The third kappa shape index (κ3) is 1.46. The van der Waals surface area contributed by atoms with E-state index in [-0.39, 0.29) is 22.2 Å². The third-order valence-corrected chi connectivity index (χ3v) is 2.54. The molecule has 0 aliphatic carbocycles. The molecule has 0 bridgehead atoms. The number of fused-ring (bicyclic) bond motifs is 1. The van der Waals surface area contributed by atoms with Crippen molar-refractivity contribution in [1.82, 2.24) is 15.1 Å². The number of hydrogen-bond donors (Lipinski definition) is 1. The predicted octanol–water partition coefficient (Wildman–Crippen LogP) is -0.309. The molecule has 0 radical (unpaired) electrons. The summed E-state index contributed by atoms with van der Waals surface area (Å²) in [5, 5.41) is 17.2. The molecule has 1 atom stereocenters. The van der Waals surface area contributed by atoms with Gasteiger partial charge in [0.2, 0.25) is 0 Å². The lowest BCUT2D eigenvalue weighted by Gasteiger charge is -2.35. The maximum atomic E-state index is 11.6. The molecule has 9 nitrogen and oxygen atoms in total. The Morgan fingerprint density at radius 3 is 2.39 bits per heavy atom. The van der Waals surface area contributed by atoms with E-state index in [0.29, 0.717) is 0 Å². The maximum Gasteiger partial charge on any atom is 0.357 e. The molecule has 92 valence electrons. The quantitative estimate of drug-likeness (QED) is 0.371. The molecule has 1 unspecified atom stereocenters. The van der Waals surface area contributed by atoms with Gasteiger partial charge in [-0.15, -0.1) is 12.4 Å². The van der Waals surface area contributed by atoms with E-state index in [0.717, 1.165) is 0 Å². The van der Waals surface area contributed by atoms with Crippen LogP contribution in [0.25, 0.3) is 0 Å². The average Bonchev–Trinajstić information content (AvgIpc) is 2.55. The Kier molecular flexibility index (Phi) is 3.15. The van der Waals surface area contributed by atoms with Gasteiger partial charge in [0.1, 0.15) is 0 Å². The fourth-order valence-electron chi connectivity index (χ4n) is 1.38. The number of carbonyl (C=O) groups is 3. The lowest BCUT2D eigenvalue weighted by molar-refractivity contribution is -0.120. The third-order valence-electron chi connectivity index (χ3n) is 2.10. The summed E-state index contributed by atoms with van der Waals surface area (Å²) in [6.07, 6.45) is 2.66. The predicted molar refractivity (Wildman–Crippen MR) is 57.1 cm³/mol. The fraction of sp³-hybridized carbons (Fsp3) is 0.143. The number of halogens is 2. The zero-order valence-electron chi connectivity index (χ0n) is 8.25. The van der Waals surface area contributed by atoms with Gasteiger partial charge < -0.3 is 0 Å². The zero-order valence-corrected chi connectivity index (χ0v) is 9.82. The normalized spacial score (nSPS) is 25.5. The molecule has 0 aromatic heterocycles. The summed E-state index contributed by atoms with van der Waals surface area (Å²) in [6.45, 7) is 0. The van der Waals surface area contributed by atoms with Gasteiger partial charge in [-0.05, 0) is 0 Å². The van der Waals surface area contributed by atoms with Gasteiger partial charge in [-0.2, -0.15) is 25.3 Å². The molecule has 0 saturated carbocycles. The number of amides is 5. The van der Waals surface area contributed by atoms with E-state index >= 15 is 0 Å². The van der Waals surface area contributed by atoms with Crippen LogP contribution >= 0.6 is 24.0 Å². The molecule has 0 spiro atoms. The number of imide groups is 1. The summed E-state index contributed by atoms with van der Waals surface area (Å²) in [6, 6.07) is -2.23. The van der Waals surface area contributed by atoms with Crippen LogP contribution in [0.5, 0.6) is 0 Å². The second-order valence-electron chi connectivity index (χ2n) is 2.97. The highest BCUT2D eigenvalue weighted by molar-refractivity contribution is 6.59. The van der Waals surface area contributed by atoms with Crippen LogP contribution in [0, 0.1) is 22.9 Å². The van der Waals surface area contributed by atoms with Gasteiger partial charge in [-0.3, -0.25) is 10.1 Å². The lowest BCUT2D eigenvalue weighted by atomic mass is 10.2. The largest absolute Gasteiger partial charge is 0.357 e. The molecule has 1 N–H and O–H groups in total. The standard InChI is InChI=1S/C7HClN6O3.ClH/c8-7-3(11-5(16)12-7)4(15)13(1-9)6(17)14(7)2-10;/h(H,12,16);1H. The maximum absolute atomic E-state index is 11.6. The van der Waals surface area contributed by atoms with Gasteiger partial charge in [0.25, 0.3) is 11.0 Å². The van der Waals surface area contributed by atoms with Crippen molar-refractivity contribution in [3.8, 4) is 12.4 Å². The van der Waals surface area contributed by atoms with E-state index in [4.69, 9.17) is 22.1 Å². The lowest BCUT2D eigenvalue weighted by Crippen LogP contribution is -2.68. The monoisotopic (exact) mass is 288 g/mol. The number of nitrogens with zero attached hydrogens (tertiary/aromatic N) is 5. The Balaban J connectivity index is 0.00000162. The van der Waals surface area contributed by atoms with E-state index in [2.05, 4.69) is 4.99 Å². The van der Waals surface area contributed by atoms with Crippen molar-refractivity contribution in [2.75, 3.05) is 0 Å². The number of urea groups is 2. The molecule has 1 saturated heterocycles. The van der Waals surface area contributed by atoms with E-state index in [1.54, 1.807) is 0 Å².